The van der Waals surface area contributed by atoms with Gasteiger partial charge in [-0.25, -0.2) is 14.8 Å². The zero-order valence-corrected chi connectivity index (χ0v) is 22.1. The standard InChI is InChI=1S/C29H33N7O4/c30-26-25(28(38)33-22-11-13-35(17-22)18-23-10-5-12-36(23)29(39)40)34-24(16-31-26)20-8-4-9-21(14-20)27(37)32-15-19-6-2-1-3-7-19/h1-4,6-9,14,16,22-23H,5,10-13,15,17-18H2,(H2,30,31)(H,32,37)(H,33,38)(H,39,40)/t22-,23+/m0/s1. The average Bonchev–Trinajstić information content (AvgIpc) is 3.62. The fourth-order valence-corrected chi connectivity index (χ4v) is 5.35. The first-order chi connectivity index (χ1) is 19.4. The number of nitrogen functional groups attached to an aromatic ring is 1. The Balaban J connectivity index is 1.21. The van der Waals surface area contributed by atoms with E-state index >= 15 is 0 Å². The molecule has 208 valence electrons. The Morgan fingerprint density at radius 1 is 1.02 bits per heavy atom. The number of hydrogen-bond donors (Lipinski definition) is 4. The van der Waals surface area contributed by atoms with Gasteiger partial charge in [0.05, 0.1) is 11.9 Å². The summed E-state index contributed by atoms with van der Waals surface area (Å²) in [6, 6.07) is 16.5. The third-order valence-corrected chi connectivity index (χ3v) is 7.43. The molecule has 2 aliphatic rings. The van der Waals surface area contributed by atoms with Crippen molar-refractivity contribution in [3.63, 3.8) is 0 Å². The molecule has 0 saturated carbocycles. The van der Waals surface area contributed by atoms with E-state index in [1.807, 2.05) is 30.3 Å². The smallest absolute Gasteiger partial charge is 0.407 e. The molecule has 5 N–H and O–H groups in total. The molecule has 2 atom stereocenters. The monoisotopic (exact) mass is 543 g/mol. The quantitative estimate of drug-likeness (QED) is 0.338. The van der Waals surface area contributed by atoms with Crippen LogP contribution in [0.3, 0.4) is 0 Å². The summed E-state index contributed by atoms with van der Waals surface area (Å²) in [6.07, 6.45) is 3.09. The Labute approximate surface area is 232 Å². The Morgan fingerprint density at radius 2 is 1.85 bits per heavy atom. The second kappa shape index (κ2) is 12.1. The number of carbonyl (C=O) groups is 3. The van der Waals surface area contributed by atoms with Gasteiger partial charge in [0.2, 0.25) is 0 Å². The van der Waals surface area contributed by atoms with E-state index in [-0.39, 0.29) is 29.5 Å². The molecule has 0 unspecified atom stereocenters. The van der Waals surface area contributed by atoms with Gasteiger partial charge in [-0.1, -0.05) is 42.5 Å². The minimum absolute atomic E-state index is 0.0127. The molecule has 2 saturated heterocycles. The van der Waals surface area contributed by atoms with Crippen molar-refractivity contribution in [2.75, 3.05) is 31.9 Å². The van der Waals surface area contributed by atoms with Crippen molar-refractivity contribution in [3.05, 3.63) is 77.6 Å². The maximum atomic E-state index is 13.1. The number of carbonyl (C=O) groups excluding carboxylic acids is 2. The number of amides is 3. The lowest BCUT2D eigenvalue weighted by Gasteiger charge is -2.26. The molecular weight excluding hydrogens is 510 g/mol. The maximum Gasteiger partial charge on any atom is 0.407 e. The molecule has 0 spiro atoms. The molecule has 3 aromatic rings. The van der Waals surface area contributed by atoms with Crippen molar-refractivity contribution < 1.29 is 19.5 Å². The van der Waals surface area contributed by atoms with Gasteiger partial charge in [-0.2, -0.15) is 0 Å². The highest BCUT2D eigenvalue weighted by Crippen LogP contribution is 2.22. The summed E-state index contributed by atoms with van der Waals surface area (Å²) in [7, 11) is 0. The molecule has 1 aromatic heterocycles. The summed E-state index contributed by atoms with van der Waals surface area (Å²) in [5.41, 5.74) is 8.59. The van der Waals surface area contributed by atoms with Gasteiger partial charge < -0.3 is 26.4 Å². The van der Waals surface area contributed by atoms with Crippen molar-refractivity contribution in [1.29, 1.82) is 0 Å². The SMILES string of the molecule is Nc1ncc(-c2cccc(C(=O)NCc3ccccc3)c2)nc1C(=O)N[C@H]1CCN(C[C@H]2CCCN2C(=O)O)C1. The second-order valence-corrected chi connectivity index (χ2v) is 10.2. The summed E-state index contributed by atoms with van der Waals surface area (Å²) < 4.78 is 0. The molecule has 2 fully saturated rings. The number of hydrogen-bond acceptors (Lipinski definition) is 7. The minimum Gasteiger partial charge on any atom is -0.465 e. The number of anilines is 1. The fraction of sp³-hybridized carbons (Fsp3) is 0.345. The molecule has 0 aliphatic carbocycles. The van der Waals surface area contributed by atoms with Crippen molar-refractivity contribution in [1.82, 2.24) is 30.4 Å². The predicted molar refractivity (Wildman–Crippen MR) is 150 cm³/mol. The molecule has 11 heteroatoms. The van der Waals surface area contributed by atoms with Crippen LogP contribution in [0, 0.1) is 0 Å². The van der Waals surface area contributed by atoms with Crippen LogP contribution in [0.25, 0.3) is 11.3 Å². The molecule has 11 nitrogen and oxygen atoms in total. The first-order valence-corrected chi connectivity index (χ1v) is 13.4. The minimum atomic E-state index is -0.876. The van der Waals surface area contributed by atoms with Gasteiger partial charge in [-0.15, -0.1) is 0 Å². The number of nitrogens with two attached hydrogens (primary N) is 1. The second-order valence-electron chi connectivity index (χ2n) is 10.2. The van der Waals surface area contributed by atoms with Gasteiger partial charge in [0.25, 0.3) is 11.8 Å². The lowest BCUT2D eigenvalue weighted by molar-refractivity contribution is 0.0929. The van der Waals surface area contributed by atoms with Crippen LogP contribution < -0.4 is 16.4 Å². The van der Waals surface area contributed by atoms with Crippen LogP contribution in [-0.4, -0.2) is 81.0 Å². The van der Waals surface area contributed by atoms with Crippen molar-refractivity contribution >= 4 is 23.7 Å². The van der Waals surface area contributed by atoms with Crippen LogP contribution in [0.2, 0.25) is 0 Å². The Bertz CT molecular complexity index is 1380. The summed E-state index contributed by atoms with van der Waals surface area (Å²) in [5, 5.41) is 15.3. The summed E-state index contributed by atoms with van der Waals surface area (Å²) in [5.74, 6) is -0.610. The zero-order valence-electron chi connectivity index (χ0n) is 22.1. The van der Waals surface area contributed by atoms with Crippen LogP contribution in [0.5, 0.6) is 0 Å². The number of rotatable bonds is 8. The summed E-state index contributed by atoms with van der Waals surface area (Å²) in [6.45, 7) is 3.04. The lowest BCUT2D eigenvalue weighted by Crippen LogP contribution is -2.43. The Kier molecular flexibility index (Phi) is 8.20. The molecule has 5 rings (SSSR count). The first-order valence-electron chi connectivity index (χ1n) is 13.4. The fourth-order valence-electron chi connectivity index (χ4n) is 5.35. The Morgan fingerprint density at radius 3 is 2.65 bits per heavy atom. The highest BCUT2D eigenvalue weighted by molar-refractivity contribution is 5.97. The van der Waals surface area contributed by atoms with Gasteiger partial charge in [0, 0.05) is 55.9 Å². The van der Waals surface area contributed by atoms with Gasteiger partial charge in [-0.3, -0.25) is 14.5 Å². The van der Waals surface area contributed by atoms with E-state index in [1.165, 1.54) is 11.1 Å². The topological polar surface area (TPSA) is 154 Å². The predicted octanol–water partition coefficient (Wildman–Crippen LogP) is 2.60. The molecule has 2 aromatic carbocycles. The molecule has 40 heavy (non-hydrogen) atoms. The largest absolute Gasteiger partial charge is 0.465 e. The molecule has 0 radical (unpaired) electrons. The van der Waals surface area contributed by atoms with E-state index in [9.17, 15) is 19.5 Å². The van der Waals surface area contributed by atoms with E-state index in [0.717, 1.165) is 31.4 Å². The Hall–Kier alpha value is -4.51. The molecule has 2 aliphatic heterocycles. The van der Waals surface area contributed by atoms with Crippen LogP contribution in [0.1, 0.15) is 45.7 Å². The van der Waals surface area contributed by atoms with Gasteiger partial charge in [-0.05, 0) is 37.0 Å². The summed E-state index contributed by atoms with van der Waals surface area (Å²) in [4.78, 5) is 49.7. The third-order valence-electron chi connectivity index (χ3n) is 7.43. The number of aromatic nitrogens is 2. The first kappa shape index (κ1) is 27.1. The lowest BCUT2D eigenvalue weighted by atomic mass is 10.1. The third kappa shape index (κ3) is 6.37. The molecule has 3 heterocycles. The van der Waals surface area contributed by atoms with Crippen LogP contribution in [0.4, 0.5) is 10.6 Å². The van der Waals surface area contributed by atoms with E-state index in [2.05, 4.69) is 25.5 Å². The van der Waals surface area contributed by atoms with Crippen LogP contribution in [0.15, 0.2) is 60.8 Å². The highest BCUT2D eigenvalue weighted by atomic mass is 16.4. The van der Waals surface area contributed by atoms with Crippen molar-refractivity contribution in [2.24, 2.45) is 0 Å². The maximum absolute atomic E-state index is 13.1. The van der Waals surface area contributed by atoms with Crippen LogP contribution in [-0.2, 0) is 6.54 Å². The zero-order chi connectivity index (χ0) is 28.1. The van der Waals surface area contributed by atoms with Crippen molar-refractivity contribution in [2.45, 2.75) is 37.9 Å². The average molecular weight is 544 g/mol. The van der Waals surface area contributed by atoms with Crippen molar-refractivity contribution in [3.8, 4) is 11.3 Å². The normalized spacial score (nSPS) is 18.9. The number of nitrogens with zero attached hydrogens (tertiary/aromatic N) is 4. The van der Waals surface area contributed by atoms with Gasteiger partial charge in [0.15, 0.2) is 11.5 Å². The summed E-state index contributed by atoms with van der Waals surface area (Å²) >= 11 is 0. The van der Waals surface area contributed by atoms with E-state index in [4.69, 9.17) is 5.73 Å². The van der Waals surface area contributed by atoms with E-state index in [1.54, 1.807) is 24.3 Å². The van der Waals surface area contributed by atoms with Crippen LogP contribution >= 0.6 is 0 Å². The molecular formula is C29H33N7O4. The van der Waals surface area contributed by atoms with E-state index < -0.39 is 12.0 Å². The number of likely N-dealkylation sites (tertiary alicyclic amines) is 2. The van der Waals surface area contributed by atoms with Gasteiger partial charge in [0.1, 0.15) is 0 Å². The number of carboxylic acid groups (broad SMARTS) is 1. The highest BCUT2D eigenvalue weighted by Gasteiger charge is 2.33. The van der Waals surface area contributed by atoms with E-state index in [0.29, 0.717) is 43.0 Å². The molecule has 0 bridgehead atoms. The number of benzene rings is 2. The van der Waals surface area contributed by atoms with Gasteiger partial charge >= 0.3 is 6.09 Å². The number of nitrogens with one attached hydrogen (secondary N) is 2. The molecule has 3 amide bonds.